The summed E-state index contributed by atoms with van der Waals surface area (Å²) in [6.07, 6.45) is 3.12. The summed E-state index contributed by atoms with van der Waals surface area (Å²) in [6, 6.07) is 9.01. The van der Waals surface area contributed by atoms with E-state index in [4.69, 9.17) is 0 Å². The number of nitrogens with one attached hydrogen (secondary N) is 1. The van der Waals surface area contributed by atoms with E-state index in [2.05, 4.69) is 67.3 Å². The van der Waals surface area contributed by atoms with E-state index in [1.54, 1.807) is 0 Å². The van der Waals surface area contributed by atoms with Crippen LogP contribution in [0.1, 0.15) is 44.7 Å². The fourth-order valence-corrected chi connectivity index (χ4v) is 3.16. The number of hydrogen-bond donors (Lipinski definition) is 1. The minimum absolute atomic E-state index is 0.161. The smallest absolute Gasteiger partial charge is 0.220 e. The van der Waals surface area contributed by atoms with E-state index in [1.165, 1.54) is 24.1 Å². The molecule has 0 saturated carbocycles. The number of rotatable bonds is 7. The molecule has 1 N–H and O–H groups in total. The summed E-state index contributed by atoms with van der Waals surface area (Å²) in [5, 5.41) is 3.14. The van der Waals surface area contributed by atoms with Gasteiger partial charge in [0.1, 0.15) is 0 Å². The van der Waals surface area contributed by atoms with Crippen molar-refractivity contribution in [2.75, 3.05) is 38.6 Å². The topological polar surface area (TPSA) is 35.6 Å². The Morgan fingerprint density at radius 1 is 1.17 bits per heavy atom. The molecular weight excluding hydrogens is 286 g/mol. The molecule has 2 rings (SSSR count). The van der Waals surface area contributed by atoms with Crippen molar-refractivity contribution in [3.05, 3.63) is 29.8 Å². The number of benzene rings is 1. The van der Waals surface area contributed by atoms with Gasteiger partial charge in [0.05, 0.1) is 6.04 Å². The minimum Gasteiger partial charge on any atom is -0.378 e. The van der Waals surface area contributed by atoms with Crippen molar-refractivity contribution in [2.45, 2.75) is 39.2 Å². The number of anilines is 1. The van der Waals surface area contributed by atoms with Gasteiger partial charge in [-0.1, -0.05) is 26.0 Å². The van der Waals surface area contributed by atoms with Crippen LogP contribution in [0.25, 0.3) is 0 Å². The molecule has 0 aliphatic carbocycles. The molecular formula is C19H31N3O. The van der Waals surface area contributed by atoms with E-state index in [9.17, 15) is 4.79 Å². The Morgan fingerprint density at radius 2 is 1.78 bits per heavy atom. The molecule has 0 spiro atoms. The van der Waals surface area contributed by atoms with Crippen LogP contribution >= 0.6 is 0 Å². The highest BCUT2D eigenvalue weighted by molar-refractivity contribution is 5.76. The van der Waals surface area contributed by atoms with Crippen molar-refractivity contribution in [1.29, 1.82) is 0 Å². The van der Waals surface area contributed by atoms with E-state index in [0.29, 0.717) is 18.9 Å². The number of carbonyl (C=O) groups is 1. The SMILES string of the molecule is CC(C)CC(=O)NC[C@@H](c1ccc(N(C)C)cc1)N1CCCC1. The van der Waals surface area contributed by atoms with Crippen LogP contribution in [0.15, 0.2) is 24.3 Å². The second-order valence-corrected chi connectivity index (χ2v) is 7.15. The molecule has 1 amide bonds. The van der Waals surface area contributed by atoms with Gasteiger partial charge in [-0.25, -0.2) is 0 Å². The predicted octanol–water partition coefficient (Wildman–Crippen LogP) is 3.05. The monoisotopic (exact) mass is 317 g/mol. The summed E-state index contributed by atoms with van der Waals surface area (Å²) in [4.78, 5) is 16.6. The zero-order valence-electron chi connectivity index (χ0n) is 15.0. The standard InChI is InChI=1S/C19H31N3O/c1-15(2)13-19(23)20-14-18(22-11-5-6-12-22)16-7-9-17(10-8-16)21(3)4/h7-10,15,18H,5-6,11-14H2,1-4H3,(H,20,23)/t18-/m0/s1. The first kappa shape index (κ1) is 17.8. The summed E-state index contributed by atoms with van der Waals surface area (Å²) in [5.74, 6) is 0.564. The van der Waals surface area contributed by atoms with Crippen LogP contribution in [-0.2, 0) is 4.79 Å². The Bertz CT molecular complexity index is 490. The van der Waals surface area contributed by atoms with Crippen LogP contribution < -0.4 is 10.2 Å². The number of amides is 1. The molecule has 1 saturated heterocycles. The Balaban J connectivity index is 2.06. The maximum Gasteiger partial charge on any atom is 0.220 e. The Labute approximate surface area is 140 Å². The second-order valence-electron chi connectivity index (χ2n) is 7.15. The number of likely N-dealkylation sites (tertiary alicyclic amines) is 1. The van der Waals surface area contributed by atoms with Gasteiger partial charge in [-0.2, -0.15) is 0 Å². The van der Waals surface area contributed by atoms with E-state index in [1.807, 2.05) is 0 Å². The molecule has 0 unspecified atom stereocenters. The molecule has 4 nitrogen and oxygen atoms in total. The van der Waals surface area contributed by atoms with E-state index in [0.717, 1.165) is 13.1 Å². The van der Waals surface area contributed by atoms with Gasteiger partial charge in [0.25, 0.3) is 0 Å². The zero-order chi connectivity index (χ0) is 16.8. The number of nitrogens with zero attached hydrogens (tertiary/aromatic N) is 2. The lowest BCUT2D eigenvalue weighted by molar-refractivity contribution is -0.122. The number of carbonyl (C=O) groups excluding carboxylic acids is 1. The van der Waals surface area contributed by atoms with Gasteiger partial charge in [0.2, 0.25) is 5.91 Å². The van der Waals surface area contributed by atoms with Crippen LogP contribution in [0, 0.1) is 5.92 Å². The molecule has 1 atom stereocenters. The fourth-order valence-electron chi connectivity index (χ4n) is 3.16. The van der Waals surface area contributed by atoms with Gasteiger partial charge in [0.15, 0.2) is 0 Å². The predicted molar refractivity (Wildman–Crippen MR) is 96.8 cm³/mol. The lowest BCUT2D eigenvalue weighted by atomic mass is 10.0. The van der Waals surface area contributed by atoms with Crippen molar-refractivity contribution in [3.63, 3.8) is 0 Å². The van der Waals surface area contributed by atoms with E-state index < -0.39 is 0 Å². The van der Waals surface area contributed by atoms with E-state index in [-0.39, 0.29) is 11.9 Å². The fraction of sp³-hybridized carbons (Fsp3) is 0.632. The lowest BCUT2D eigenvalue weighted by Crippen LogP contribution is -2.37. The third-order valence-electron chi connectivity index (χ3n) is 4.46. The summed E-state index contributed by atoms with van der Waals surface area (Å²) >= 11 is 0. The molecule has 1 heterocycles. The Hall–Kier alpha value is -1.55. The summed E-state index contributed by atoms with van der Waals surface area (Å²) in [5.41, 5.74) is 2.50. The van der Waals surface area contributed by atoms with Crippen molar-refractivity contribution in [3.8, 4) is 0 Å². The van der Waals surface area contributed by atoms with Gasteiger partial charge < -0.3 is 10.2 Å². The average molecular weight is 317 g/mol. The Kier molecular flexibility index (Phi) is 6.46. The molecule has 1 fully saturated rings. The highest BCUT2D eigenvalue weighted by atomic mass is 16.1. The highest BCUT2D eigenvalue weighted by Gasteiger charge is 2.24. The molecule has 1 aromatic rings. The van der Waals surface area contributed by atoms with Crippen molar-refractivity contribution in [2.24, 2.45) is 5.92 Å². The third kappa shape index (κ3) is 5.24. The second kappa shape index (κ2) is 8.34. The zero-order valence-corrected chi connectivity index (χ0v) is 15.0. The molecule has 128 valence electrons. The van der Waals surface area contributed by atoms with Crippen molar-refractivity contribution >= 4 is 11.6 Å². The minimum atomic E-state index is 0.161. The summed E-state index contributed by atoms with van der Waals surface area (Å²) in [7, 11) is 4.11. The van der Waals surface area contributed by atoms with Gasteiger partial charge in [-0.15, -0.1) is 0 Å². The van der Waals surface area contributed by atoms with Crippen LogP contribution in [0.5, 0.6) is 0 Å². The van der Waals surface area contributed by atoms with E-state index >= 15 is 0 Å². The quantitative estimate of drug-likeness (QED) is 0.839. The number of hydrogen-bond acceptors (Lipinski definition) is 3. The maximum atomic E-state index is 12.0. The Morgan fingerprint density at radius 3 is 2.30 bits per heavy atom. The molecule has 0 radical (unpaired) electrons. The van der Waals surface area contributed by atoms with Crippen molar-refractivity contribution < 1.29 is 4.79 Å². The first-order chi connectivity index (χ1) is 11.0. The summed E-state index contributed by atoms with van der Waals surface area (Å²) < 4.78 is 0. The molecule has 23 heavy (non-hydrogen) atoms. The molecule has 1 aromatic carbocycles. The first-order valence-corrected chi connectivity index (χ1v) is 8.75. The lowest BCUT2D eigenvalue weighted by Gasteiger charge is -2.28. The largest absolute Gasteiger partial charge is 0.378 e. The van der Waals surface area contributed by atoms with Gasteiger partial charge in [-0.05, 0) is 49.5 Å². The van der Waals surface area contributed by atoms with Crippen molar-refractivity contribution in [1.82, 2.24) is 10.2 Å². The molecule has 0 aromatic heterocycles. The van der Waals surface area contributed by atoms with Crippen LogP contribution in [0.2, 0.25) is 0 Å². The van der Waals surface area contributed by atoms with Gasteiger partial charge >= 0.3 is 0 Å². The average Bonchev–Trinajstić information content (AvgIpc) is 3.01. The molecule has 1 aliphatic rings. The molecule has 0 bridgehead atoms. The third-order valence-corrected chi connectivity index (χ3v) is 4.46. The van der Waals surface area contributed by atoms with Crippen LogP contribution in [0.3, 0.4) is 0 Å². The van der Waals surface area contributed by atoms with Crippen LogP contribution in [-0.4, -0.2) is 44.5 Å². The van der Waals surface area contributed by atoms with Gasteiger partial charge in [0, 0.05) is 32.7 Å². The molecule has 4 heteroatoms. The molecule has 1 aliphatic heterocycles. The first-order valence-electron chi connectivity index (χ1n) is 8.75. The maximum absolute atomic E-state index is 12.0. The normalized spacial score (nSPS) is 16.6. The van der Waals surface area contributed by atoms with Crippen LogP contribution in [0.4, 0.5) is 5.69 Å². The van der Waals surface area contributed by atoms with Gasteiger partial charge in [-0.3, -0.25) is 9.69 Å². The highest BCUT2D eigenvalue weighted by Crippen LogP contribution is 2.26. The summed E-state index contributed by atoms with van der Waals surface area (Å²) in [6.45, 7) is 7.11.